The number of nitrogens with one attached hydrogen (secondary N) is 1. The van der Waals surface area contributed by atoms with Crippen LogP contribution in [-0.4, -0.2) is 31.9 Å². The monoisotopic (exact) mass is 217 g/mol. The van der Waals surface area contributed by atoms with E-state index in [1.54, 1.807) is 0 Å². The van der Waals surface area contributed by atoms with Crippen molar-refractivity contribution < 1.29 is 13.2 Å². The van der Waals surface area contributed by atoms with E-state index in [2.05, 4.69) is 11.9 Å². The van der Waals surface area contributed by atoms with Gasteiger partial charge in [0, 0.05) is 6.54 Å². The van der Waals surface area contributed by atoms with Gasteiger partial charge in [0.15, 0.2) is 9.84 Å². The molecule has 14 heavy (non-hydrogen) atoms. The standard InChI is InChI=1S/C9H15NO3S/c1-2-7-14(12,13)8-5-3-4-6-10-9(8)11/h2,8H,1,3-7H2,(H,10,11). The van der Waals surface area contributed by atoms with Crippen molar-refractivity contribution in [2.45, 2.75) is 24.5 Å². The van der Waals surface area contributed by atoms with Crippen molar-refractivity contribution >= 4 is 15.7 Å². The Bertz CT molecular complexity index is 321. The molecule has 0 saturated carbocycles. The number of hydrogen-bond acceptors (Lipinski definition) is 3. The minimum atomic E-state index is -3.34. The normalized spacial score (nSPS) is 23.7. The highest BCUT2D eigenvalue weighted by Crippen LogP contribution is 2.14. The van der Waals surface area contributed by atoms with Crippen LogP contribution in [0.15, 0.2) is 12.7 Å². The Hall–Kier alpha value is -0.840. The molecule has 1 fully saturated rings. The van der Waals surface area contributed by atoms with Crippen LogP contribution in [0.1, 0.15) is 19.3 Å². The zero-order chi connectivity index (χ0) is 10.6. The van der Waals surface area contributed by atoms with Gasteiger partial charge in [0.25, 0.3) is 0 Å². The van der Waals surface area contributed by atoms with E-state index in [0.29, 0.717) is 13.0 Å². The predicted molar refractivity (Wildman–Crippen MR) is 54.6 cm³/mol. The van der Waals surface area contributed by atoms with Gasteiger partial charge >= 0.3 is 0 Å². The van der Waals surface area contributed by atoms with Gasteiger partial charge in [-0.05, 0) is 19.3 Å². The fourth-order valence-electron chi connectivity index (χ4n) is 1.53. The van der Waals surface area contributed by atoms with Gasteiger partial charge in [0.2, 0.25) is 5.91 Å². The van der Waals surface area contributed by atoms with Gasteiger partial charge in [-0.3, -0.25) is 4.79 Å². The van der Waals surface area contributed by atoms with Crippen LogP contribution < -0.4 is 5.32 Å². The average Bonchev–Trinajstić information content (AvgIpc) is 2.29. The van der Waals surface area contributed by atoms with Crippen LogP contribution in [-0.2, 0) is 14.6 Å². The zero-order valence-corrected chi connectivity index (χ0v) is 8.85. The molecule has 80 valence electrons. The smallest absolute Gasteiger partial charge is 0.238 e. The lowest BCUT2D eigenvalue weighted by Crippen LogP contribution is -2.39. The molecular weight excluding hydrogens is 202 g/mol. The molecule has 1 heterocycles. The lowest BCUT2D eigenvalue weighted by atomic mass is 10.2. The van der Waals surface area contributed by atoms with Crippen molar-refractivity contribution in [1.82, 2.24) is 5.32 Å². The number of rotatable bonds is 3. The second kappa shape index (κ2) is 4.59. The summed E-state index contributed by atoms with van der Waals surface area (Å²) in [5, 5.41) is 1.73. The number of carbonyl (C=O) groups excluding carboxylic acids is 1. The molecule has 0 aromatic heterocycles. The first-order chi connectivity index (χ1) is 6.58. The molecule has 5 heteroatoms. The number of sulfone groups is 1. The maximum Gasteiger partial charge on any atom is 0.238 e. The van der Waals surface area contributed by atoms with E-state index in [1.807, 2.05) is 0 Å². The summed E-state index contributed by atoms with van der Waals surface area (Å²) in [7, 11) is -3.34. The quantitative estimate of drug-likeness (QED) is 0.689. The van der Waals surface area contributed by atoms with Crippen LogP contribution in [0.5, 0.6) is 0 Å². The zero-order valence-electron chi connectivity index (χ0n) is 8.03. The van der Waals surface area contributed by atoms with Crippen LogP contribution in [0.2, 0.25) is 0 Å². The van der Waals surface area contributed by atoms with Crippen LogP contribution in [0.4, 0.5) is 0 Å². The second-order valence-electron chi connectivity index (χ2n) is 3.39. The van der Waals surface area contributed by atoms with Gasteiger partial charge < -0.3 is 5.32 Å². The van der Waals surface area contributed by atoms with Crippen molar-refractivity contribution in [2.24, 2.45) is 0 Å². The van der Waals surface area contributed by atoms with Gasteiger partial charge in [-0.2, -0.15) is 0 Å². The van der Waals surface area contributed by atoms with Crippen molar-refractivity contribution in [3.8, 4) is 0 Å². The molecule has 0 radical (unpaired) electrons. The van der Waals surface area contributed by atoms with Crippen molar-refractivity contribution in [3.63, 3.8) is 0 Å². The lowest BCUT2D eigenvalue weighted by molar-refractivity contribution is -0.120. The largest absolute Gasteiger partial charge is 0.355 e. The van der Waals surface area contributed by atoms with Crippen molar-refractivity contribution in [2.75, 3.05) is 12.3 Å². The summed E-state index contributed by atoms with van der Waals surface area (Å²) in [6, 6.07) is 0. The first-order valence-corrected chi connectivity index (χ1v) is 6.39. The van der Waals surface area contributed by atoms with Crippen LogP contribution in [0.25, 0.3) is 0 Å². The highest BCUT2D eigenvalue weighted by Gasteiger charge is 2.31. The molecular formula is C9H15NO3S. The van der Waals surface area contributed by atoms with E-state index in [-0.39, 0.29) is 11.7 Å². The highest BCUT2D eigenvalue weighted by molar-refractivity contribution is 7.92. The number of amides is 1. The molecule has 1 N–H and O–H groups in total. The van der Waals surface area contributed by atoms with E-state index in [4.69, 9.17) is 0 Å². The molecule has 0 aromatic rings. The third-order valence-corrected chi connectivity index (χ3v) is 4.29. The maximum atomic E-state index is 11.6. The highest BCUT2D eigenvalue weighted by atomic mass is 32.2. The van der Waals surface area contributed by atoms with Crippen molar-refractivity contribution in [1.29, 1.82) is 0 Å². The van der Waals surface area contributed by atoms with Crippen molar-refractivity contribution in [3.05, 3.63) is 12.7 Å². The molecule has 1 unspecified atom stereocenters. The summed E-state index contributed by atoms with van der Waals surface area (Å²) in [6.45, 7) is 3.96. The Kier molecular flexibility index (Phi) is 3.69. The summed E-state index contributed by atoms with van der Waals surface area (Å²) in [6.07, 6.45) is 3.39. The van der Waals surface area contributed by atoms with Gasteiger partial charge in [0.05, 0.1) is 5.75 Å². The molecule has 1 amide bonds. The molecule has 1 rings (SSSR count). The Balaban J connectivity index is 2.82. The predicted octanol–water partition coefficient (Wildman–Crippen LogP) is 0.256. The first kappa shape index (κ1) is 11.2. The summed E-state index contributed by atoms with van der Waals surface area (Å²) in [5.41, 5.74) is 0. The molecule has 1 aliphatic heterocycles. The minimum absolute atomic E-state index is 0.120. The Morgan fingerprint density at radius 2 is 2.21 bits per heavy atom. The summed E-state index contributed by atoms with van der Waals surface area (Å²) in [4.78, 5) is 11.4. The maximum absolute atomic E-state index is 11.6. The summed E-state index contributed by atoms with van der Waals surface area (Å²) < 4.78 is 23.2. The van der Waals surface area contributed by atoms with E-state index in [9.17, 15) is 13.2 Å². The van der Waals surface area contributed by atoms with Crippen LogP contribution in [0, 0.1) is 0 Å². The van der Waals surface area contributed by atoms with E-state index in [1.165, 1.54) is 6.08 Å². The number of hydrogen-bond donors (Lipinski definition) is 1. The van der Waals surface area contributed by atoms with E-state index < -0.39 is 15.1 Å². The molecule has 0 aromatic carbocycles. The molecule has 4 nitrogen and oxygen atoms in total. The molecule has 1 aliphatic rings. The van der Waals surface area contributed by atoms with Gasteiger partial charge in [-0.1, -0.05) is 6.08 Å². The summed E-state index contributed by atoms with van der Waals surface area (Å²) in [5.74, 6) is -0.477. The number of carbonyl (C=O) groups is 1. The molecule has 0 bridgehead atoms. The SMILES string of the molecule is C=CCS(=O)(=O)C1CCCCNC1=O. The average molecular weight is 217 g/mol. The van der Waals surface area contributed by atoms with Gasteiger partial charge in [0.1, 0.15) is 5.25 Å². The first-order valence-electron chi connectivity index (χ1n) is 4.68. The minimum Gasteiger partial charge on any atom is -0.355 e. The molecule has 1 saturated heterocycles. The Morgan fingerprint density at radius 3 is 2.86 bits per heavy atom. The molecule has 0 aliphatic carbocycles. The van der Waals surface area contributed by atoms with Gasteiger partial charge in [-0.15, -0.1) is 6.58 Å². The lowest BCUT2D eigenvalue weighted by Gasteiger charge is -2.12. The van der Waals surface area contributed by atoms with E-state index >= 15 is 0 Å². The third-order valence-electron chi connectivity index (χ3n) is 2.27. The molecule has 1 atom stereocenters. The van der Waals surface area contributed by atoms with Crippen LogP contribution >= 0.6 is 0 Å². The molecule has 0 spiro atoms. The second-order valence-corrected chi connectivity index (χ2v) is 5.62. The topological polar surface area (TPSA) is 63.2 Å². The van der Waals surface area contributed by atoms with Crippen LogP contribution in [0.3, 0.4) is 0 Å². The Labute approximate surface area is 84.3 Å². The van der Waals surface area contributed by atoms with E-state index in [0.717, 1.165) is 12.8 Å². The summed E-state index contributed by atoms with van der Waals surface area (Å²) >= 11 is 0. The fraction of sp³-hybridized carbons (Fsp3) is 0.667. The van der Waals surface area contributed by atoms with Gasteiger partial charge in [-0.25, -0.2) is 8.42 Å². The Morgan fingerprint density at radius 1 is 1.50 bits per heavy atom. The fourth-order valence-corrected chi connectivity index (χ4v) is 3.03. The third kappa shape index (κ3) is 2.57.